The van der Waals surface area contributed by atoms with Crippen molar-refractivity contribution in [3.63, 3.8) is 0 Å². The van der Waals surface area contributed by atoms with Gasteiger partial charge < -0.3 is 9.47 Å². The van der Waals surface area contributed by atoms with E-state index < -0.39 is 10.8 Å². The van der Waals surface area contributed by atoms with Gasteiger partial charge in [0.05, 0.1) is 10.8 Å². The third kappa shape index (κ3) is 7.32. The monoisotopic (exact) mass is 1220 g/mol. The molecule has 22 rings (SSSR count). The molecular weight excluding hydrogens is 1170 g/mol. The predicted molar refractivity (Wildman–Crippen MR) is 375 cm³/mol. The summed E-state index contributed by atoms with van der Waals surface area (Å²) in [5, 5.41) is 0. The standard InChI is InChI=1S/C88H52N6O2/c1-3-21-51(22-4-1)81-89-83(93-85(91-81)55-41-45-77-73(49-55)87(71-35-17-19-37-75(71)95-77)67-31-13-9-25-57(67)58-26-10-14-32-68(58)87)53-39-43-63-65(47-53)79-61-29-7-8-30-62(61)80(63)66-48-54(40-44-64(66)79)84-90-82(52-23-5-2-6-24-52)92-86(94-84)56-42-46-78-74(50-56)88(72-36-18-20-38-76(72)96-78)69-33-15-11-27-59(69)60-28-12-16-34-70(60)88/h1-50,79-80H. The topological polar surface area (TPSA) is 95.8 Å². The van der Waals surface area contributed by atoms with Crippen molar-refractivity contribution in [3.05, 3.63) is 381 Å². The maximum atomic E-state index is 6.86. The lowest BCUT2D eigenvalue weighted by Crippen LogP contribution is -2.32. The molecule has 15 aromatic rings. The molecule has 0 amide bonds. The van der Waals surface area contributed by atoms with Gasteiger partial charge in [0, 0.05) is 67.5 Å². The van der Waals surface area contributed by atoms with Crippen LogP contribution < -0.4 is 9.47 Å². The second kappa shape index (κ2) is 20.0. The van der Waals surface area contributed by atoms with E-state index in [0.29, 0.717) is 34.9 Å². The van der Waals surface area contributed by atoms with Gasteiger partial charge in [0.2, 0.25) is 0 Å². The lowest BCUT2D eigenvalue weighted by Gasteiger charge is -2.42. The Morgan fingerprint density at radius 1 is 0.198 bits per heavy atom. The first kappa shape index (κ1) is 53.0. The van der Waals surface area contributed by atoms with E-state index in [-0.39, 0.29) is 11.8 Å². The van der Waals surface area contributed by atoms with E-state index in [9.17, 15) is 0 Å². The molecule has 8 heteroatoms. The van der Waals surface area contributed by atoms with Gasteiger partial charge in [0.1, 0.15) is 23.0 Å². The minimum atomic E-state index is -0.649. The van der Waals surface area contributed by atoms with E-state index in [1.54, 1.807) is 0 Å². The number of fused-ring (bicyclic) bond motifs is 18. The Kier molecular flexibility index (Phi) is 11.0. The van der Waals surface area contributed by atoms with Crippen LogP contribution in [0.5, 0.6) is 23.0 Å². The van der Waals surface area contributed by atoms with Crippen LogP contribution in [0.25, 0.3) is 90.6 Å². The van der Waals surface area contributed by atoms with E-state index in [1.807, 2.05) is 36.4 Å². The molecule has 2 aromatic heterocycles. The molecule has 0 saturated heterocycles. The van der Waals surface area contributed by atoms with E-state index in [0.717, 1.165) is 78.6 Å². The molecule has 4 heterocycles. The normalized spacial score (nSPS) is 15.6. The fourth-order valence-electron chi connectivity index (χ4n) is 17.2. The number of para-hydroxylation sites is 2. The molecule has 2 atom stereocenters. The van der Waals surface area contributed by atoms with Gasteiger partial charge in [-0.2, -0.15) is 0 Å². The summed E-state index contributed by atoms with van der Waals surface area (Å²) in [6.07, 6.45) is 0. The lowest BCUT2D eigenvalue weighted by molar-refractivity contribution is 0.436. The Balaban J connectivity index is 0.692. The molecule has 7 aliphatic rings. The van der Waals surface area contributed by atoms with E-state index in [1.165, 1.54) is 77.9 Å². The zero-order valence-corrected chi connectivity index (χ0v) is 51.5. The summed E-state index contributed by atoms with van der Waals surface area (Å²) in [4.78, 5) is 32.3. The molecule has 8 nitrogen and oxygen atoms in total. The maximum Gasteiger partial charge on any atom is 0.164 e. The largest absolute Gasteiger partial charge is 0.457 e. The van der Waals surface area contributed by atoms with Crippen LogP contribution in [-0.2, 0) is 10.8 Å². The molecule has 2 unspecified atom stereocenters. The van der Waals surface area contributed by atoms with Crippen molar-refractivity contribution in [1.29, 1.82) is 0 Å². The average molecular weight is 1230 g/mol. The van der Waals surface area contributed by atoms with Gasteiger partial charge in [-0.25, -0.2) is 29.9 Å². The van der Waals surface area contributed by atoms with Crippen molar-refractivity contribution in [3.8, 4) is 114 Å². The van der Waals surface area contributed by atoms with E-state index >= 15 is 0 Å². The highest BCUT2D eigenvalue weighted by molar-refractivity contribution is 5.91. The summed E-state index contributed by atoms with van der Waals surface area (Å²) in [5.41, 5.74) is 25.7. The molecule has 2 aliphatic heterocycles. The maximum absolute atomic E-state index is 6.86. The summed E-state index contributed by atoms with van der Waals surface area (Å²) in [6.45, 7) is 0. The SMILES string of the molecule is c1ccc(-c2nc(-c3ccc4c(c3)C3c5ccccc5C4c4cc(-c5nc(-c6ccccc6)nc(-c6ccc7c(c6)C6(c8ccccc8O7)c7ccccc7-c7ccccc76)n5)ccc43)nc(-c3ccc4c(c3)C3(c5ccccc5O4)c4ccccc4-c4ccccc43)n2)cc1. The number of hydrogen-bond acceptors (Lipinski definition) is 8. The van der Waals surface area contributed by atoms with Gasteiger partial charge in [-0.3, -0.25) is 0 Å². The number of ether oxygens (including phenoxy) is 2. The number of rotatable bonds is 6. The third-order valence-corrected chi connectivity index (χ3v) is 21.1. The van der Waals surface area contributed by atoms with Gasteiger partial charge in [0.25, 0.3) is 0 Å². The van der Waals surface area contributed by atoms with Crippen LogP contribution in [0.4, 0.5) is 0 Å². The van der Waals surface area contributed by atoms with Crippen molar-refractivity contribution >= 4 is 0 Å². The summed E-state index contributed by atoms with van der Waals surface area (Å²) >= 11 is 0. The first-order valence-corrected chi connectivity index (χ1v) is 32.8. The van der Waals surface area contributed by atoms with Crippen molar-refractivity contribution in [1.82, 2.24) is 29.9 Å². The fraction of sp³-hybridized carbons (Fsp3) is 0.0455. The number of aromatic nitrogens is 6. The average Bonchev–Trinajstić information content (AvgIpc) is 1.41. The molecule has 2 spiro atoms. The Morgan fingerprint density at radius 3 is 0.844 bits per heavy atom. The van der Waals surface area contributed by atoms with Crippen LogP contribution in [0.3, 0.4) is 0 Å². The smallest absolute Gasteiger partial charge is 0.164 e. The van der Waals surface area contributed by atoms with Crippen molar-refractivity contribution in [2.24, 2.45) is 0 Å². The third-order valence-electron chi connectivity index (χ3n) is 21.1. The molecular formula is C88H52N6O2. The molecule has 0 radical (unpaired) electrons. The highest BCUT2D eigenvalue weighted by Crippen LogP contribution is 2.65. The number of benzene rings is 13. The summed E-state index contributed by atoms with van der Waals surface area (Å²) in [7, 11) is 0. The van der Waals surface area contributed by atoms with Gasteiger partial charge in [-0.15, -0.1) is 0 Å². The summed E-state index contributed by atoms with van der Waals surface area (Å²) < 4.78 is 13.7. The van der Waals surface area contributed by atoms with Gasteiger partial charge in [-0.1, -0.05) is 243 Å². The van der Waals surface area contributed by atoms with Gasteiger partial charge in [0.15, 0.2) is 34.9 Å². The Bertz CT molecular complexity index is 5400. The van der Waals surface area contributed by atoms with Gasteiger partial charge >= 0.3 is 0 Å². The van der Waals surface area contributed by atoms with Crippen molar-refractivity contribution in [2.45, 2.75) is 22.7 Å². The lowest BCUT2D eigenvalue weighted by atomic mass is 9.61. The van der Waals surface area contributed by atoms with Crippen LogP contribution in [0.2, 0.25) is 0 Å². The predicted octanol–water partition coefficient (Wildman–Crippen LogP) is 20.0. The van der Waals surface area contributed by atoms with Crippen molar-refractivity contribution < 1.29 is 9.47 Å². The first-order valence-electron chi connectivity index (χ1n) is 32.8. The fourth-order valence-corrected chi connectivity index (χ4v) is 17.2. The van der Waals surface area contributed by atoms with Crippen molar-refractivity contribution in [2.75, 3.05) is 0 Å². The minimum Gasteiger partial charge on any atom is -0.457 e. The second-order valence-electron chi connectivity index (χ2n) is 25.8. The molecule has 0 N–H and O–H groups in total. The minimum absolute atomic E-state index is 0.0632. The summed E-state index contributed by atoms with van der Waals surface area (Å²) in [6, 6.07) is 108. The van der Waals surface area contributed by atoms with E-state index in [4.69, 9.17) is 39.4 Å². The van der Waals surface area contributed by atoms with Crippen LogP contribution in [0, 0.1) is 0 Å². The molecule has 0 fully saturated rings. The van der Waals surface area contributed by atoms with Crippen LogP contribution in [-0.4, -0.2) is 29.9 Å². The number of hydrogen-bond donors (Lipinski definition) is 0. The molecule has 13 aromatic carbocycles. The van der Waals surface area contributed by atoms with Crippen LogP contribution in [0.15, 0.2) is 303 Å². The van der Waals surface area contributed by atoms with Gasteiger partial charge in [-0.05, 0) is 139 Å². The molecule has 2 bridgehead atoms. The first-order chi connectivity index (χ1) is 47.6. The highest BCUT2D eigenvalue weighted by Gasteiger charge is 2.53. The zero-order chi connectivity index (χ0) is 62.8. The number of nitrogens with zero attached hydrogens (tertiary/aromatic N) is 6. The molecule has 446 valence electrons. The van der Waals surface area contributed by atoms with Crippen LogP contribution >= 0.6 is 0 Å². The highest BCUT2D eigenvalue weighted by atomic mass is 16.5. The van der Waals surface area contributed by atoms with E-state index in [2.05, 4.69) is 267 Å². The Morgan fingerprint density at radius 2 is 0.469 bits per heavy atom. The zero-order valence-electron chi connectivity index (χ0n) is 51.5. The second-order valence-corrected chi connectivity index (χ2v) is 25.8. The molecule has 0 saturated carbocycles. The summed E-state index contributed by atoms with van der Waals surface area (Å²) in [5.74, 6) is 6.73. The quantitative estimate of drug-likeness (QED) is 0.162. The van der Waals surface area contributed by atoms with Crippen LogP contribution in [0.1, 0.15) is 89.7 Å². The Labute approximate surface area is 553 Å². The molecule has 96 heavy (non-hydrogen) atoms. The molecule has 5 aliphatic carbocycles. The Hall–Kier alpha value is -12.5.